The predicted molar refractivity (Wildman–Crippen MR) is 91.4 cm³/mol. The van der Waals surface area contributed by atoms with E-state index in [1.807, 2.05) is 0 Å². The van der Waals surface area contributed by atoms with Crippen molar-refractivity contribution in [1.29, 1.82) is 0 Å². The monoisotopic (exact) mass is 365 g/mol. The van der Waals surface area contributed by atoms with E-state index < -0.39 is 34.8 Å². The van der Waals surface area contributed by atoms with E-state index in [0.29, 0.717) is 0 Å². The number of carbonyl (C=O) groups is 4. The van der Waals surface area contributed by atoms with Gasteiger partial charge < -0.3 is 20.1 Å². The van der Waals surface area contributed by atoms with Crippen molar-refractivity contribution in [2.24, 2.45) is 0 Å². The molecule has 2 N–H and O–H groups in total. The second-order valence-corrected chi connectivity index (χ2v) is 6.55. The Morgan fingerprint density at radius 2 is 1.15 bits per heavy atom. The van der Waals surface area contributed by atoms with Crippen LogP contribution in [0, 0.1) is 0 Å². The highest BCUT2D eigenvalue weighted by molar-refractivity contribution is 5.99. The number of esters is 2. The van der Waals surface area contributed by atoms with Gasteiger partial charge in [-0.15, -0.1) is 0 Å². The molecule has 0 aliphatic rings. The minimum Gasteiger partial charge on any atom is -0.467 e. The van der Waals surface area contributed by atoms with Crippen LogP contribution >= 0.6 is 0 Å². The van der Waals surface area contributed by atoms with Crippen LogP contribution in [0.5, 0.6) is 0 Å². The van der Waals surface area contributed by atoms with Crippen LogP contribution in [-0.4, -0.2) is 54.0 Å². The van der Waals surface area contributed by atoms with Gasteiger partial charge in [0.2, 0.25) is 0 Å². The molecule has 1 rings (SSSR count). The molecule has 0 fully saturated rings. The van der Waals surface area contributed by atoms with Crippen LogP contribution in [0.3, 0.4) is 0 Å². The second kappa shape index (κ2) is 7.94. The summed E-state index contributed by atoms with van der Waals surface area (Å²) >= 11 is 0. The maximum Gasteiger partial charge on any atom is 0.330 e. The highest BCUT2D eigenvalue weighted by Gasteiger charge is 2.33. The summed E-state index contributed by atoms with van der Waals surface area (Å²) in [6.45, 7) is 5.91. The maximum atomic E-state index is 12.3. The zero-order valence-electron chi connectivity index (χ0n) is 15.6. The molecule has 0 bridgehead atoms. The summed E-state index contributed by atoms with van der Waals surface area (Å²) in [5.74, 6) is -2.55. The van der Waals surface area contributed by atoms with Crippen LogP contribution in [0.1, 0.15) is 48.7 Å². The van der Waals surface area contributed by atoms with Crippen LogP contribution < -0.4 is 10.6 Å². The number of carbonyl (C=O) groups excluding carboxylic acids is 4. The minimum atomic E-state index is -1.27. The molecular weight excluding hydrogens is 342 g/mol. The molecule has 0 radical (unpaired) electrons. The Kier molecular flexibility index (Phi) is 6.44. The summed E-state index contributed by atoms with van der Waals surface area (Å²) in [6, 6.07) is 4.25. The first-order valence-electron chi connectivity index (χ1n) is 7.73. The second-order valence-electron chi connectivity index (χ2n) is 6.55. The summed E-state index contributed by atoms with van der Waals surface area (Å²) in [6.07, 6.45) is 0. The molecule has 0 saturated heterocycles. The number of pyridine rings is 1. The molecule has 9 heteroatoms. The quantitative estimate of drug-likeness (QED) is 0.701. The number of nitrogens with one attached hydrogen (secondary N) is 2. The molecule has 26 heavy (non-hydrogen) atoms. The van der Waals surface area contributed by atoms with Crippen molar-refractivity contribution in [1.82, 2.24) is 15.6 Å². The molecule has 1 aromatic rings. The number of nitrogens with zero attached hydrogens (tertiary/aromatic N) is 1. The van der Waals surface area contributed by atoms with E-state index in [1.54, 1.807) is 0 Å². The Labute approximate surface area is 151 Å². The third-order valence-electron chi connectivity index (χ3n) is 3.46. The highest BCUT2D eigenvalue weighted by atomic mass is 16.5. The van der Waals surface area contributed by atoms with E-state index in [9.17, 15) is 19.2 Å². The third kappa shape index (κ3) is 5.01. The number of amides is 2. The first-order chi connectivity index (χ1) is 11.9. The van der Waals surface area contributed by atoms with Gasteiger partial charge in [-0.05, 0) is 39.8 Å². The average Bonchev–Trinajstić information content (AvgIpc) is 2.59. The molecule has 1 aromatic heterocycles. The van der Waals surface area contributed by atoms with Crippen LogP contribution in [-0.2, 0) is 19.1 Å². The lowest BCUT2D eigenvalue weighted by atomic mass is 10.1. The molecule has 0 aliphatic carbocycles. The zero-order valence-corrected chi connectivity index (χ0v) is 15.6. The summed E-state index contributed by atoms with van der Waals surface area (Å²) in [5, 5.41) is 4.97. The van der Waals surface area contributed by atoms with E-state index in [-0.39, 0.29) is 11.4 Å². The standard InChI is InChI=1S/C17H23N3O6/c1-16(2,14(23)25-5)19-12(21)10-8-7-9-11(18-10)13(22)20-17(3,4)15(24)26-6/h7-9H,1-6H3,(H,19,21)(H,20,22). The zero-order chi connectivity index (χ0) is 20.1. The van der Waals surface area contributed by atoms with E-state index in [1.165, 1.54) is 60.1 Å². The number of ether oxygens (including phenoxy) is 2. The van der Waals surface area contributed by atoms with Crippen molar-refractivity contribution in [3.8, 4) is 0 Å². The number of rotatable bonds is 6. The Bertz CT molecular complexity index is 670. The summed E-state index contributed by atoms with van der Waals surface area (Å²) < 4.78 is 9.24. The van der Waals surface area contributed by atoms with Gasteiger partial charge in [-0.2, -0.15) is 0 Å². The van der Waals surface area contributed by atoms with E-state index in [2.05, 4.69) is 25.1 Å². The normalized spacial score (nSPS) is 11.3. The predicted octanol–water partition coefficient (Wildman–Crippen LogP) is 0.444. The van der Waals surface area contributed by atoms with Crippen LogP contribution in [0.25, 0.3) is 0 Å². The molecule has 9 nitrogen and oxygen atoms in total. The summed E-state index contributed by atoms with van der Waals surface area (Å²) in [7, 11) is 2.42. The van der Waals surface area contributed by atoms with Gasteiger partial charge in [0.15, 0.2) is 0 Å². The highest BCUT2D eigenvalue weighted by Crippen LogP contribution is 2.09. The third-order valence-corrected chi connectivity index (χ3v) is 3.46. The number of aromatic nitrogens is 1. The van der Waals surface area contributed by atoms with Gasteiger partial charge in [-0.25, -0.2) is 14.6 Å². The fourth-order valence-electron chi connectivity index (χ4n) is 2.00. The Morgan fingerprint density at radius 1 is 0.808 bits per heavy atom. The summed E-state index contributed by atoms with van der Waals surface area (Å²) in [5.41, 5.74) is -2.66. The Hall–Kier alpha value is -2.97. The van der Waals surface area contributed by atoms with E-state index >= 15 is 0 Å². The van der Waals surface area contributed by atoms with Gasteiger partial charge in [0.05, 0.1) is 14.2 Å². The Balaban J connectivity index is 2.97. The van der Waals surface area contributed by atoms with Crippen molar-refractivity contribution < 1.29 is 28.7 Å². The molecule has 0 aliphatic heterocycles. The van der Waals surface area contributed by atoms with Crippen LogP contribution in [0.15, 0.2) is 18.2 Å². The average molecular weight is 365 g/mol. The lowest BCUT2D eigenvalue weighted by molar-refractivity contribution is -0.147. The van der Waals surface area contributed by atoms with Crippen molar-refractivity contribution >= 4 is 23.8 Å². The van der Waals surface area contributed by atoms with Gasteiger partial charge in [-0.1, -0.05) is 6.07 Å². The summed E-state index contributed by atoms with van der Waals surface area (Å²) in [4.78, 5) is 51.9. The van der Waals surface area contributed by atoms with E-state index in [0.717, 1.165) is 0 Å². The van der Waals surface area contributed by atoms with Crippen molar-refractivity contribution in [2.45, 2.75) is 38.8 Å². The van der Waals surface area contributed by atoms with Crippen LogP contribution in [0.4, 0.5) is 0 Å². The minimum absolute atomic E-state index is 0.0643. The first-order valence-corrected chi connectivity index (χ1v) is 7.73. The van der Waals surface area contributed by atoms with E-state index in [4.69, 9.17) is 0 Å². The molecule has 1 heterocycles. The smallest absolute Gasteiger partial charge is 0.330 e. The number of hydrogen-bond acceptors (Lipinski definition) is 7. The molecule has 2 amide bonds. The lowest BCUT2D eigenvalue weighted by Crippen LogP contribution is -2.51. The van der Waals surface area contributed by atoms with Gasteiger partial charge in [0.25, 0.3) is 11.8 Å². The SMILES string of the molecule is COC(=O)C(C)(C)NC(=O)c1cccc(C(=O)NC(C)(C)C(=O)OC)n1. The van der Waals surface area contributed by atoms with Gasteiger partial charge in [0.1, 0.15) is 22.5 Å². The number of hydrogen-bond donors (Lipinski definition) is 2. The first kappa shape index (κ1) is 21.1. The number of methoxy groups -OCH3 is 2. The molecule has 0 unspecified atom stereocenters. The molecule has 0 spiro atoms. The van der Waals surface area contributed by atoms with Crippen molar-refractivity contribution in [2.75, 3.05) is 14.2 Å². The fourth-order valence-corrected chi connectivity index (χ4v) is 2.00. The van der Waals surface area contributed by atoms with Gasteiger partial charge in [0, 0.05) is 0 Å². The fraction of sp³-hybridized carbons (Fsp3) is 0.471. The topological polar surface area (TPSA) is 124 Å². The molecule has 142 valence electrons. The maximum absolute atomic E-state index is 12.3. The molecule has 0 aromatic carbocycles. The van der Waals surface area contributed by atoms with Gasteiger partial charge in [-0.3, -0.25) is 9.59 Å². The van der Waals surface area contributed by atoms with Gasteiger partial charge >= 0.3 is 11.9 Å². The van der Waals surface area contributed by atoms with Crippen molar-refractivity contribution in [3.05, 3.63) is 29.6 Å². The lowest BCUT2D eigenvalue weighted by Gasteiger charge is -2.23. The molecular formula is C17H23N3O6. The largest absolute Gasteiger partial charge is 0.467 e. The van der Waals surface area contributed by atoms with Crippen molar-refractivity contribution in [3.63, 3.8) is 0 Å². The molecule has 0 saturated carbocycles. The molecule has 0 atom stereocenters. The Morgan fingerprint density at radius 3 is 1.46 bits per heavy atom. The van der Waals surface area contributed by atoms with Crippen LogP contribution in [0.2, 0.25) is 0 Å².